The van der Waals surface area contributed by atoms with Crippen molar-refractivity contribution >= 4 is 17.9 Å². The zero-order valence-electron chi connectivity index (χ0n) is 25.0. The van der Waals surface area contributed by atoms with Crippen molar-refractivity contribution in [1.29, 1.82) is 0 Å². The minimum atomic E-state index is -0.950. The third-order valence-corrected chi connectivity index (χ3v) is 6.01. The second kappa shape index (κ2) is 14.6. The number of carbonyl (C=O) groups excluding carboxylic acids is 3. The summed E-state index contributed by atoms with van der Waals surface area (Å²) in [5.74, 6) is 1.93. The van der Waals surface area contributed by atoms with Crippen molar-refractivity contribution in [3.63, 3.8) is 0 Å². The Bertz CT molecular complexity index is 1160. The number of alkyl carbamates (subject to hydrolysis) is 1. The first kappa shape index (κ1) is 32.4. The molecule has 2 aromatic carbocycles. The maximum Gasteiger partial charge on any atom is 0.408 e. The number of hydrogen-bond donors (Lipinski definition) is 2. The van der Waals surface area contributed by atoms with Crippen LogP contribution in [-0.4, -0.2) is 46.5 Å². The summed E-state index contributed by atoms with van der Waals surface area (Å²) in [5.41, 5.74) is 0.931. The molecule has 216 valence electrons. The van der Waals surface area contributed by atoms with Gasteiger partial charge in [0.25, 0.3) is 0 Å². The molecule has 3 amide bonds. The van der Waals surface area contributed by atoms with Crippen LogP contribution in [-0.2, 0) is 20.7 Å². The van der Waals surface area contributed by atoms with Crippen LogP contribution in [0.3, 0.4) is 0 Å². The Morgan fingerprint density at radius 3 is 2.10 bits per heavy atom. The van der Waals surface area contributed by atoms with Crippen LogP contribution in [0.2, 0.25) is 0 Å². The first-order valence-corrected chi connectivity index (χ1v) is 14.0. The molecule has 0 aliphatic rings. The van der Waals surface area contributed by atoms with E-state index >= 15 is 0 Å². The van der Waals surface area contributed by atoms with Crippen molar-refractivity contribution in [2.45, 2.75) is 97.4 Å². The monoisotopic (exact) mass is 547 g/mol. The Hall–Kier alpha value is -3.79. The summed E-state index contributed by atoms with van der Waals surface area (Å²) in [6.45, 7) is 13.4. The predicted octanol–water partition coefficient (Wildman–Crippen LogP) is 5.78. The number of carbonyl (C=O) groups is 3. The average Bonchev–Trinajstić information content (AvgIpc) is 2.86. The Labute approximate surface area is 240 Å². The molecule has 0 radical (unpaired) electrons. The molecule has 0 saturated heterocycles. The standard InChI is InChI=1S/C33H45N3O4/c1-9-11-15-22-36(28(29(37)35-32(3,4)5)26-20-18-24(10-2)19-21-26)30(38)27(23-25-16-13-12-14-17-25)34-31(39)40-33(6,7)8/h2,12-14,16-21,27-28H,9,11,15,22-23H2,1,3-8H3,(H,34,39)(H,35,37). The summed E-state index contributed by atoms with van der Waals surface area (Å²) >= 11 is 0. The lowest BCUT2D eigenvalue weighted by atomic mass is 9.98. The molecule has 0 aliphatic carbocycles. The number of rotatable bonds is 11. The van der Waals surface area contributed by atoms with Gasteiger partial charge in [-0.1, -0.05) is 68.2 Å². The number of amides is 3. The van der Waals surface area contributed by atoms with Crippen LogP contribution in [0.1, 0.15) is 90.5 Å². The molecule has 40 heavy (non-hydrogen) atoms. The van der Waals surface area contributed by atoms with Crippen molar-refractivity contribution < 1.29 is 19.1 Å². The van der Waals surface area contributed by atoms with E-state index in [1.807, 2.05) is 51.1 Å². The first-order valence-electron chi connectivity index (χ1n) is 14.0. The lowest BCUT2D eigenvalue weighted by Crippen LogP contribution is -2.55. The van der Waals surface area contributed by atoms with Gasteiger partial charge in [0.15, 0.2) is 0 Å². The van der Waals surface area contributed by atoms with Crippen LogP contribution in [0, 0.1) is 12.3 Å². The summed E-state index contributed by atoms with van der Waals surface area (Å²) < 4.78 is 5.50. The van der Waals surface area contributed by atoms with Crippen molar-refractivity contribution in [2.75, 3.05) is 6.54 Å². The molecule has 2 atom stereocenters. The topological polar surface area (TPSA) is 87.7 Å². The molecule has 0 aliphatic heterocycles. The zero-order valence-corrected chi connectivity index (χ0v) is 25.0. The number of terminal acetylenes is 1. The van der Waals surface area contributed by atoms with Gasteiger partial charge >= 0.3 is 6.09 Å². The second-order valence-corrected chi connectivity index (χ2v) is 12.0. The van der Waals surface area contributed by atoms with Gasteiger partial charge in [-0.2, -0.15) is 0 Å². The highest BCUT2D eigenvalue weighted by atomic mass is 16.6. The lowest BCUT2D eigenvalue weighted by Gasteiger charge is -2.36. The van der Waals surface area contributed by atoms with Crippen LogP contribution in [0.5, 0.6) is 0 Å². The van der Waals surface area contributed by atoms with E-state index in [-0.39, 0.29) is 18.2 Å². The molecule has 2 N–H and O–H groups in total. The molecule has 0 aromatic heterocycles. The lowest BCUT2D eigenvalue weighted by molar-refractivity contribution is -0.143. The van der Waals surface area contributed by atoms with Crippen LogP contribution in [0.4, 0.5) is 4.79 Å². The highest BCUT2D eigenvalue weighted by Crippen LogP contribution is 2.25. The number of benzene rings is 2. The Morgan fingerprint density at radius 1 is 0.950 bits per heavy atom. The van der Waals surface area contributed by atoms with Crippen molar-refractivity contribution in [2.24, 2.45) is 0 Å². The number of unbranched alkanes of at least 4 members (excludes halogenated alkanes) is 2. The fourth-order valence-corrected chi connectivity index (χ4v) is 4.27. The molecule has 0 saturated carbocycles. The van der Waals surface area contributed by atoms with Gasteiger partial charge in [0, 0.05) is 24.1 Å². The van der Waals surface area contributed by atoms with Gasteiger partial charge in [-0.15, -0.1) is 6.42 Å². The minimum absolute atomic E-state index is 0.243. The molecule has 0 fully saturated rings. The van der Waals surface area contributed by atoms with E-state index in [4.69, 9.17) is 11.2 Å². The van der Waals surface area contributed by atoms with Crippen molar-refractivity contribution in [3.8, 4) is 12.3 Å². The Morgan fingerprint density at radius 2 is 1.57 bits per heavy atom. The molecule has 0 bridgehead atoms. The summed E-state index contributed by atoms with van der Waals surface area (Å²) in [7, 11) is 0. The maximum absolute atomic E-state index is 14.4. The number of ether oxygens (including phenoxy) is 1. The molecule has 7 nitrogen and oxygen atoms in total. The first-order chi connectivity index (χ1) is 18.7. The molecule has 7 heteroatoms. The van der Waals surface area contributed by atoms with Crippen LogP contribution in [0.15, 0.2) is 54.6 Å². The van der Waals surface area contributed by atoms with E-state index in [2.05, 4.69) is 23.5 Å². The SMILES string of the molecule is C#Cc1ccc(C(C(=O)NC(C)(C)C)N(CCCCC)C(=O)C(Cc2ccccc2)NC(=O)OC(C)(C)C)cc1. The highest BCUT2D eigenvalue weighted by molar-refractivity contribution is 5.92. The van der Waals surface area contributed by atoms with E-state index in [0.29, 0.717) is 24.1 Å². The van der Waals surface area contributed by atoms with E-state index in [9.17, 15) is 14.4 Å². The second-order valence-electron chi connectivity index (χ2n) is 12.0. The molecular formula is C33H45N3O4. The van der Waals surface area contributed by atoms with Gasteiger partial charge in [0.1, 0.15) is 17.7 Å². The van der Waals surface area contributed by atoms with Gasteiger partial charge in [0.05, 0.1) is 0 Å². The smallest absolute Gasteiger partial charge is 0.408 e. The van der Waals surface area contributed by atoms with Crippen molar-refractivity contribution in [1.82, 2.24) is 15.5 Å². The fourth-order valence-electron chi connectivity index (χ4n) is 4.27. The van der Waals surface area contributed by atoms with Gasteiger partial charge in [-0.3, -0.25) is 9.59 Å². The van der Waals surface area contributed by atoms with Gasteiger partial charge in [0.2, 0.25) is 11.8 Å². The predicted molar refractivity (Wildman–Crippen MR) is 160 cm³/mol. The summed E-state index contributed by atoms with van der Waals surface area (Å²) in [5, 5.41) is 5.84. The normalized spacial score (nSPS) is 12.9. The molecule has 2 aromatic rings. The molecule has 2 unspecified atom stereocenters. The third kappa shape index (κ3) is 10.8. The van der Waals surface area contributed by atoms with E-state index in [0.717, 1.165) is 18.4 Å². The Balaban J connectivity index is 2.58. The highest BCUT2D eigenvalue weighted by Gasteiger charge is 2.37. The number of hydrogen-bond acceptors (Lipinski definition) is 4. The van der Waals surface area contributed by atoms with E-state index < -0.39 is 29.3 Å². The fraction of sp³-hybridized carbons (Fsp3) is 0.485. The van der Waals surface area contributed by atoms with Crippen LogP contribution in [0.25, 0.3) is 0 Å². The minimum Gasteiger partial charge on any atom is -0.444 e. The van der Waals surface area contributed by atoms with Crippen molar-refractivity contribution in [3.05, 3.63) is 71.3 Å². The van der Waals surface area contributed by atoms with Gasteiger partial charge in [-0.05, 0) is 71.2 Å². The largest absolute Gasteiger partial charge is 0.444 e. The Kier molecular flexibility index (Phi) is 11.8. The summed E-state index contributed by atoms with van der Waals surface area (Å²) in [4.78, 5) is 42.7. The molecule has 0 spiro atoms. The van der Waals surface area contributed by atoms with Gasteiger partial charge in [-0.25, -0.2) is 4.79 Å². The van der Waals surface area contributed by atoms with Crippen LogP contribution >= 0.6 is 0 Å². The number of nitrogens with one attached hydrogen (secondary N) is 2. The zero-order chi connectivity index (χ0) is 29.9. The van der Waals surface area contributed by atoms with Gasteiger partial charge < -0.3 is 20.3 Å². The summed E-state index contributed by atoms with van der Waals surface area (Å²) in [6, 6.07) is 14.7. The summed E-state index contributed by atoms with van der Waals surface area (Å²) in [6.07, 6.45) is 7.65. The molecule has 2 rings (SSSR count). The third-order valence-electron chi connectivity index (χ3n) is 6.01. The maximum atomic E-state index is 14.4. The van der Waals surface area contributed by atoms with E-state index in [1.165, 1.54) is 0 Å². The average molecular weight is 548 g/mol. The number of nitrogens with zero attached hydrogens (tertiary/aromatic N) is 1. The molecular weight excluding hydrogens is 502 g/mol. The quantitative estimate of drug-likeness (QED) is 0.276. The van der Waals surface area contributed by atoms with Crippen LogP contribution < -0.4 is 10.6 Å². The molecule has 0 heterocycles. The van der Waals surface area contributed by atoms with E-state index in [1.54, 1.807) is 49.9 Å².